The van der Waals surface area contributed by atoms with Crippen LogP contribution in [-0.4, -0.2) is 14.4 Å². The van der Waals surface area contributed by atoms with Gasteiger partial charge in [-0.15, -0.1) is 0 Å². The van der Waals surface area contributed by atoms with E-state index < -0.39 is 10.0 Å². The first-order valence-corrected chi connectivity index (χ1v) is 10.1. The maximum absolute atomic E-state index is 12.7. The Morgan fingerprint density at radius 1 is 0.889 bits per heavy atom. The lowest BCUT2D eigenvalue weighted by Gasteiger charge is -2.25. The fraction of sp³-hybridized carbons (Fsp3) is 0.0952. The minimum absolute atomic E-state index is 0.202. The Hall–Kier alpha value is -3.12. The van der Waals surface area contributed by atoms with Crippen LogP contribution >= 0.6 is 0 Å². The molecule has 5 nitrogen and oxygen atoms in total. The summed E-state index contributed by atoms with van der Waals surface area (Å²) < 4.78 is 28.1. The van der Waals surface area contributed by atoms with Gasteiger partial charge < -0.3 is 5.32 Å². The number of benzene rings is 3. The summed E-state index contributed by atoms with van der Waals surface area (Å²) in [6.45, 7) is 1.91. The van der Waals surface area contributed by atoms with Gasteiger partial charge in [0.1, 0.15) is 6.04 Å². The van der Waals surface area contributed by atoms with E-state index in [1.807, 2.05) is 61.5 Å². The molecule has 0 amide bonds. The van der Waals surface area contributed by atoms with Gasteiger partial charge in [-0.1, -0.05) is 66.2 Å². The summed E-state index contributed by atoms with van der Waals surface area (Å²) in [5.74, 6) is 0.211. The molecule has 1 atom stereocenters. The summed E-state index contributed by atoms with van der Waals surface area (Å²) in [5.41, 5.74) is 3.84. The lowest BCUT2D eigenvalue weighted by Crippen LogP contribution is -2.38. The van der Waals surface area contributed by atoms with E-state index in [4.69, 9.17) is 0 Å². The van der Waals surface area contributed by atoms with E-state index in [1.54, 1.807) is 24.3 Å². The lowest BCUT2D eigenvalue weighted by atomic mass is 9.97. The molecule has 1 aliphatic rings. The van der Waals surface area contributed by atoms with E-state index in [0.29, 0.717) is 0 Å². The van der Waals surface area contributed by atoms with Crippen molar-refractivity contribution in [2.24, 2.45) is 4.99 Å². The van der Waals surface area contributed by atoms with Gasteiger partial charge in [-0.2, -0.15) is 0 Å². The van der Waals surface area contributed by atoms with Crippen molar-refractivity contribution in [1.82, 2.24) is 4.72 Å². The van der Waals surface area contributed by atoms with Crippen molar-refractivity contribution in [2.45, 2.75) is 17.9 Å². The Morgan fingerprint density at radius 3 is 2.30 bits per heavy atom. The van der Waals surface area contributed by atoms with E-state index in [9.17, 15) is 8.42 Å². The summed E-state index contributed by atoms with van der Waals surface area (Å²) in [5, 5.41) is 3.09. The van der Waals surface area contributed by atoms with E-state index in [-0.39, 0.29) is 16.9 Å². The first-order chi connectivity index (χ1) is 13.0. The molecular weight excluding hydrogens is 358 g/mol. The Bertz CT molecular complexity index is 1090. The molecule has 4 rings (SSSR count). The molecule has 0 fully saturated rings. The number of aliphatic imine (C=N–C) groups is 1. The standard InChI is InChI=1S/C21H19N3O2S/c1-15-11-13-17(14-12-15)27(25,26)24-21-22-19-10-6-5-9-18(19)20(23-21)16-7-3-2-4-8-16/h2-14,20H,1H3,(H2,22,23,24). The van der Waals surface area contributed by atoms with Crippen molar-refractivity contribution >= 4 is 21.7 Å². The van der Waals surface area contributed by atoms with Crippen LogP contribution in [-0.2, 0) is 10.0 Å². The number of guanidine groups is 1. The van der Waals surface area contributed by atoms with Crippen LogP contribution in [0, 0.1) is 6.92 Å². The third kappa shape index (κ3) is 3.57. The number of anilines is 1. The van der Waals surface area contributed by atoms with Gasteiger partial charge in [-0.3, -0.25) is 0 Å². The number of hydrogen-bond donors (Lipinski definition) is 2. The highest BCUT2D eigenvalue weighted by molar-refractivity contribution is 7.90. The van der Waals surface area contributed by atoms with Crippen LogP contribution in [0.15, 0.2) is 88.8 Å². The predicted octanol–water partition coefficient (Wildman–Crippen LogP) is 3.84. The molecule has 136 valence electrons. The van der Waals surface area contributed by atoms with Crippen LogP contribution in [0.1, 0.15) is 22.7 Å². The molecule has 0 saturated heterocycles. The number of rotatable bonds is 3. The first-order valence-electron chi connectivity index (χ1n) is 8.61. The van der Waals surface area contributed by atoms with Crippen LogP contribution in [0.2, 0.25) is 0 Å². The third-order valence-corrected chi connectivity index (χ3v) is 5.80. The number of nitrogens with one attached hydrogen (secondary N) is 2. The molecule has 0 radical (unpaired) electrons. The van der Waals surface area contributed by atoms with E-state index in [2.05, 4.69) is 15.0 Å². The minimum Gasteiger partial charge on any atom is -0.325 e. The molecule has 3 aromatic carbocycles. The topological polar surface area (TPSA) is 70.6 Å². The molecule has 1 unspecified atom stereocenters. The molecule has 3 aromatic rings. The maximum Gasteiger partial charge on any atom is 0.264 e. The lowest BCUT2D eigenvalue weighted by molar-refractivity contribution is 0.592. The Balaban J connectivity index is 1.71. The van der Waals surface area contributed by atoms with Crippen molar-refractivity contribution < 1.29 is 8.42 Å². The fourth-order valence-corrected chi connectivity index (χ4v) is 4.02. The third-order valence-electron chi connectivity index (χ3n) is 4.44. The quantitative estimate of drug-likeness (QED) is 0.728. The molecule has 0 saturated carbocycles. The number of fused-ring (bicyclic) bond motifs is 1. The molecule has 1 aliphatic heterocycles. The van der Waals surface area contributed by atoms with Gasteiger partial charge in [0.05, 0.1) is 4.90 Å². The summed E-state index contributed by atoms with van der Waals surface area (Å²) in [4.78, 5) is 4.84. The molecule has 2 N–H and O–H groups in total. The van der Waals surface area contributed by atoms with Gasteiger partial charge in [0, 0.05) is 11.3 Å². The van der Waals surface area contributed by atoms with Crippen LogP contribution in [0.5, 0.6) is 0 Å². The molecule has 0 spiro atoms. The number of para-hydroxylation sites is 1. The Kier molecular flexibility index (Phi) is 4.41. The predicted molar refractivity (Wildman–Crippen MR) is 107 cm³/mol. The van der Waals surface area contributed by atoms with Crippen molar-refractivity contribution in [3.63, 3.8) is 0 Å². The molecule has 6 heteroatoms. The van der Waals surface area contributed by atoms with Crippen molar-refractivity contribution in [1.29, 1.82) is 0 Å². The molecule has 0 aromatic heterocycles. The monoisotopic (exact) mass is 377 g/mol. The zero-order valence-electron chi connectivity index (χ0n) is 14.8. The normalized spacial score (nSPS) is 16.0. The SMILES string of the molecule is Cc1ccc(S(=O)(=O)NC2=NC(c3ccccc3)c3ccccc3N2)cc1. The molecule has 0 aliphatic carbocycles. The van der Waals surface area contributed by atoms with Crippen molar-refractivity contribution in [3.8, 4) is 0 Å². The fourth-order valence-electron chi connectivity index (χ4n) is 3.05. The average molecular weight is 377 g/mol. The zero-order valence-corrected chi connectivity index (χ0v) is 15.6. The summed E-state index contributed by atoms with van der Waals surface area (Å²) in [6, 6.07) is 24.0. The number of hydrogen-bond acceptors (Lipinski definition) is 4. The second-order valence-corrected chi connectivity index (χ2v) is 8.10. The highest BCUT2D eigenvalue weighted by Crippen LogP contribution is 2.34. The van der Waals surface area contributed by atoms with E-state index in [1.165, 1.54) is 0 Å². The number of sulfonamides is 1. The van der Waals surface area contributed by atoms with Crippen LogP contribution in [0.4, 0.5) is 5.69 Å². The molecule has 0 bridgehead atoms. The van der Waals surface area contributed by atoms with Gasteiger partial charge in [0.2, 0.25) is 5.96 Å². The minimum atomic E-state index is -3.73. The van der Waals surface area contributed by atoms with Gasteiger partial charge in [0.15, 0.2) is 0 Å². The van der Waals surface area contributed by atoms with Crippen molar-refractivity contribution in [2.75, 3.05) is 5.32 Å². The highest BCUT2D eigenvalue weighted by atomic mass is 32.2. The average Bonchev–Trinajstić information content (AvgIpc) is 2.68. The summed E-state index contributed by atoms with van der Waals surface area (Å²) >= 11 is 0. The van der Waals surface area contributed by atoms with Gasteiger partial charge in [-0.25, -0.2) is 18.1 Å². The smallest absolute Gasteiger partial charge is 0.264 e. The van der Waals surface area contributed by atoms with Crippen LogP contribution < -0.4 is 10.0 Å². The molecular formula is C21H19N3O2S. The summed E-state index contributed by atoms with van der Waals surface area (Å²) in [6.07, 6.45) is 0. The second kappa shape index (κ2) is 6.89. The van der Waals surface area contributed by atoms with E-state index >= 15 is 0 Å². The maximum atomic E-state index is 12.7. The largest absolute Gasteiger partial charge is 0.325 e. The summed E-state index contributed by atoms with van der Waals surface area (Å²) in [7, 11) is -3.73. The van der Waals surface area contributed by atoms with E-state index in [0.717, 1.165) is 22.4 Å². The first kappa shape index (κ1) is 17.3. The highest BCUT2D eigenvalue weighted by Gasteiger charge is 2.25. The molecule has 1 heterocycles. The number of nitrogens with zero attached hydrogens (tertiary/aromatic N) is 1. The Morgan fingerprint density at radius 2 is 1.56 bits per heavy atom. The second-order valence-electron chi connectivity index (χ2n) is 6.42. The zero-order chi connectivity index (χ0) is 18.9. The van der Waals surface area contributed by atoms with Crippen LogP contribution in [0.3, 0.4) is 0 Å². The molecule has 27 heavy (non-hydrogen) atoms. The Labute approximate surface area is 158 Å². The van der Waals surface area contributed by atoms with Gasteiger partial charge in [-0.05, 0) is 30.7 Å². The van der Waals surface area contributed by atoms with Crippen LogP contribution in [0.25, 0.3) is 0 Å². The van der Waals surface area contributed by atoms with Crippen molar-refractivity contribution in [3.05, 3.63) is 95.6 Å². The van der Waals surface area contributed by atoms with Gasteiger partial charge in [0.25, 0.3) is 10.0 Å². The number of aryl methyl sites for hydroxylation is 1. The van der Waals surface area contributed by atoms with Gasteiger partial charge >= 0.3 is 0 Å².